The third kappa shape index (κ3) is 4.19. The van der Waals surface area contributed by atoms with Crippen molar-refractivity contribution in [3.05, 3.63) is 17.0 Å². The van der Waals surface area contributed by atoms with Crippen LogP contribution < -0.4 is 5.32 Å². The second-order valence-corrected chi connectivity index (χ2v) is 7.58. The molecule has 3 rings (SSSR count). The molecule has 0 bridgehead atoms. The summed E-state index contributed by atoms with van der Waals surface area (Å²) in [7, 11) is 0. The molecule has 0 radical (unpaired) electrons. The molecule has 1 aromatic rings. The van der Waals surface area contributed by atoms with Crippen LogP contribution in [0.2, 0.25) is 0 Å². The highest BCUT2D eigenvalue weighted by Crippen LogP contribution is 2.25. The highest BCUT2D eigenvalue weighted by Gasteiger charge is 2.26. The predicted molar refractivity (Wildman–Crippen MR) is 97.1 cm³/mol. The molecule has 1 aliphatic heterocycles. The van der Waals surface area contributed by atoms with Crippen LogP contribution in [0, 0.1) is 13.8 Å². The summed E-state index contributed by atoms with van der Waals surface area (Å²) in [5.41, 5.74) is 3.58. The summed E-state index contributed by atoms with van der Waals surface area (Å²) in [6, 6.07) is 1.49. The summed E-state index contributed by atoms with van der Waals surface area (Å²) in [5.74, 6) is 0. The van der Waals surface area contributed by atoms with Gasteiger partial charge in [-0.05, 0) is 52.6 Å². The molecule has 0 spiro atoms. The van der Waals surface area contributed by atoms with Crippen LogP contribution in [0.25, 0.3) is 0 Å². The van der Waals surface area contributed by atoms with Gasteiger partial charge in [0.15, 0.2) is 0 Å². The number of nitrogens with zero attached hydrogens (tertiary/aromatic N) is 3. The number of piperidine rings is 1. The molecule has 136 valence electrons. The highest BCUT2D eigenvalue weighted by molar-refractivity contribution is 5.24. The first-order valence-corrected chi connectivity index (χ1v) is 9.80. The van der Waals surface area contributed by atoms with E-state index in [9.17, 15) is 0 Å². The van der Waals surface area contributed by atoms with Crippen LogP contribution in [0.3, 0.4) is 0 Å². The summed E-state index contributed by atoms with van der Waals surface area (Å²) in [4.78, 5) is 2.74. The van der Waals surface area contributed by atoms with E-state index in [1.807, 2.05) is 4.68 Å². The third-order valence-electron chi connectivity index (χ3n) is 6.03. The van der Waals surface area contributed by atoms with E-state index < -0.39 is 0 Å². The van der Waals surface area contributed by atoms with Crippen molar-refractivity contribution in [2.45, 2.75) is 84.0 Å². The van der Waals surface area contributed by atoms with E-state index in [0.717, 1.165) is 18.3 Å². The molecule has 0 unspecified atom stereocenters. The van der Waals surface area contributed by atoms with E-state index in [4.69, 9.17) is 5.11 Å². The van der Waals surface area contributed by atoms with Gasteiger partial charge < -0.3 is 15.3 Å². The lowest BCUT2D eigenvalue weighted by atomic mass is 9.92. The second-order valence-electron chi connectivity index (χ2n) is 7.58. The quantitative estimate of drug-likeness (QED) is 0.839. The van der Waals surface area contributed by atoms with Crippen LogP contribution in [-0.2, 0) is 13.1 Å². The number of aliphatic hydroxyl groups excluding tert-OH is 1. The Bertz CT molecular complexity index is 514. The van der Waals surface area contributed by atoms with Crippen LogP contribution >= 0.6 is 0 Å². The zero-order valence-electron chi connectivity index (χ0n) is 15.4. The van der Waals surface area contributed by atoms with Gasteiger partial charge in [0.2, 0.25) is 0 Å². The van der Waals surface area contributed by atoms with E-state index in [1.54, 1.807) is 0 Å². The standard InChI is InChI=1S/C19H34N4O/c1-15-19(16(2)23(21-15)12-13-24)14-20-17-8-10-22(11-9-17)18-6-4-3-5-7-18/h17-18,20,24H,3-14H2,1-2H3. The molecule has 1 saturated heterocycles. The van der Waals surface area contributed by atoms with Crippen LogP contribution in [0.4, 0.5) is 0 Å². The summed E-state index contributed by atoms with van der Waals surface area (Å²) < 4.78 is 1.93. The molecule has 2 fully saturated rings. The van der Waals surface area contributed by atoms with Crippen molar-refractivity contribution >= 4 is 0 Å². The van der Waals surface area contributed by atoms with Crippen LogP contribution in [-0.4, -0.2) is 51.6 Å². The molecule has 2 heterocycles. The van der Waals surface area contributed by atoms with Crippen molar-refractivity contribution in [3.8, 4) is 0 Å². The lowest BCUT2D eigenvalue weighted by molar-refractivity contribution is 0.115. The van der Waals surface area contributed by atoms with Crippen LogP contribution in [0.5, 0.6) is 0 Å². The molecule has 0 atom stereocenters. The normalized spacial score (nSPS) is 21.5. The Morgan fingerprint density at radius 3 is 2.46 bits per heavy atom. The summed E-state index contributed by atoms with van der Waals surface area (Å²) in [6.07, 6.45) is 9.66. The van der Waals surface area contributed by atoms with Gasteiger partial charge in [0.05, 0.1) is 18.8 Å². The Morgan fingerprint density at radius 2 is 1.79 bits per heavy atom. The van der Waals surface area contributed by atoms with Gasteiger partial charge in [-0.3, -0.25) is 4.68 Å². The minimum Gasteiger partial charge on any atom is -0.394 e. The number of hydrogen-bond acceptors (Lipinski definition) is 4. The monoisotopic (exact) mass is 334 g/mol. The Labute approximate surface area is 146 Å². The van der Waals surface area contributed by atoms with Crippen molar-refractivity contribution < 1.29 is 5.11 Å². The minimum atomic E-state index is 0.147. The fourth-order valence-corrected chi connectivity index (χ4v) is 4.46. The van der Waals surface area contributed by atoms with E-state index in [2.05, 4.69) is 29.2 Å². The van der Waals surface area contributed by atoms with Gasteiger partial charge in [0.25, 0.3) is 0 Å². The van der Waals surface area contributed by atoms with Crippen molar-refractivity contribution in [3.63, 3.8) is 0 Å². The highest BCUT2D eigenvalue weighted by atomic mass is 16.3. The average Bonchev–Trinajstić information content (AvgIpc) is 2.88. The van der Waals surface area contributed by atoms with Gasteiger partial charge in [-0.2, -0.15) is 5.10 Å². The third-order valence-corrected chi connectivity index (χ3v) is 6.03. The van der Waals surface area contributed by atoms with E-state index in [0.29, 0.717) is 12.6 Å². The number of likely N-dealkylation sites (tertiary alicyclic amines) is 1. The van der Waals surface area contributed by atoms with Crippen LogP contribution in [0.1, 0.15) is 61.9 Å². The van der Waals surface area contributed by atoms with Gasteiger partial charge in [0, 0.05) is 29.9 Å². The largest absolute Gasteiger partial charge is 0.394 e. The number of hydrogen-bond donors (Lipinski definition) is 2. The zero-order valence-corrected chi connectivity index (χ0v) is 15.4. The number of aromatic nitrogens is 2. The lowest BCUT2D eigenvalue weighted by Gasteiger charge is -2.39. The summed E-state index contributed by atoms with van der Waals surface area (Å²) in [5, 5.41) is 17.4. The minimum absolute atomic E-state index is 0.147. The Morgan fingerprint density at radius 1 is 1.08 bits per heavy atom. The van der Waals surface area contributed by atoms with Crippen LogP contribution in [0.15, 0.2) is 0 Å². The summed E-state index contributed by atoms with van der Waals surface area (Å²) in [6.45, 7) is 8.33. The van der Waals surface area contributed by atoms with Crippen molar-refractivity contribution in [1.82, 2.24) is 20.0 Å². The molecule has 0 aromatic carbocycles. The molecule has 2 N–H and O–H groups in total. The fourth-order valence-electron chi connectivity index (χ4n) is 4.46. The van der Waals surface area contributed by atoms with Crippen molar-refractivity contribution in [1.29, 1.82) is 0 Å². The molecular weight excluding hydrogens is 300 g/mol. The maximum atomic E-state index is 9.13. The predicted octanol–water partition coefficient (Wildman–Crippen LogP) is 2.38. The molecule has 24 heavy (non-hydrogen) atoms. The second kappa shape index (κ2) is 8.45. The van der Waals surface area contributed by atoms with Gasteiger partial charge in [0.1, 0.15) is 0 Å². The average molecular weight is 335 g/mol. The molecule has 5 heteroatoms. The zero-order chi connectivity index (χ0) is 16.9. The summed E-state index contributed by atoms with van der Waals surface area (Å²) >= 11 is 0. The molecule has 1 saturated carbocycles. The van der Waals surface area contributed by atoms with Crippen molar-refractivity contribution in [2.24, 2.45) is 0 Å². The first kappa shape index (κ1) is 17.9. The Balaban J connectivity index is 1.46. The molecule has 1 aliphatic carbocycles. The maximum absolute atomic E-state index is 9.13. The molecule has 1 aromatic heterocycles. The van der Waals surface area contributed by atoms with Gasteiger partial charge >= 0.3 is 0 Å². The maximum Gasteiger partial charge on any atom is 0.0644 e. The topological polar surface area (TPSA) is 53.3 Å². The van der Waals surface area contributed by atoms with Gasteiger partial charge in [-0.15, -0.1) is 0 Å². The Hall–Kier alpha value is -0.910. The molecule has 2 aliphatic rings. The number of nitrogens with one attached hydrogen (secondary N) is 1. The van der Waals surface area contributed by atoms with E-state index >= 15 is 0 Å². The first-order chi connectivity index (χ1) is 11.7. The van der Waals surface area contributed by atoms with E-state index in [-0.39, 0.29) is 6.61 Å². The molecular formula is C19H34N4O. The fraction of sp³-hybridized carbons (Fsp3) is 0.842. The lowest BCUT2D eigenvalue weighted by Crippen LogP contribution is -2.47. The smallest absolute Gasteiger partial charge is 0.0644 e. The SMILES string of the molecule is Cc1nn(CCO)c(C)c1CNC1CCN(C2CCCCC2)CC1. The Kier molecular flexibility index (Phi) is 6.31. The number of aryl methyl sites for hydroxylation is 1. The molecule has 5 nitrogen and oxygen atoms in total. The van der Waals surface area contributed by atoms with Gasteiger partial charge in [-0.25, -0.2) is 0 Å². The van der Waals surface area contributed by atoms with Crippen molar-refractivity contribution in [2.75, 3.05) is 19.7 Å². The number of aliphatic hydroxyl groups is 1. The first-order valence-electron chi connectivity index (χ1n) is 9.80. The van der Waals surface area contributed by atoms with E-state index in [1.165, 1.54) is 69.3 Å². The molecule has 0 amide bonds. The number of rotatable bonds is 6. The van der Waals surface area contributed by atoms with Gasteiger partial charge in [-0.1, -0.05) is 19.3 Å².